The summed E-state index contributed by atoms with van der Waals surface area (Å²) in [5.41, 5.74) is 2.90. The average molecular weight is 357 g/mol. The van der Waals surface area contributed by atoms with Crippen LogP contribution >= 0.6 is 0 Å². The van der Waals surface area contributed by atoms with Gasteiger partial charge in [-0.15, -0.1) is 0 Å². The lowest BCUT2D eigenvalue weighted by molar-refractivity contribution is 0.0600. The van der Waals surface area contributed by atoms with Gasteiger partial charge in [-0.3, -0.25) is 9.59 Å². The number of amides is 2. The lowest BCUT2D eigenvalue weighted by atomic mass is 10.0. The summed E-state index contributed by atoms with van der Waals surface area (Å²) < 4.78 is 4.70. The minimum atomic E-state index is -0.554. The molecule has 0 aromatic heterocycles. The number of esters is 1. The first-order valence-corrected chi connectivity index (χ1v) is 8.37. The number of fused-ring (bicyclic) bond motifs is 1. The molecule has 0 saturated carbocycles. The molecule has 3 aromatic rings. The highest BCUT2D eigenvalue weighted by atomic mass is 16.5. The largest absolute Gasteiger partial charge is 0.465 e. The zero-order valence-electron chi connectivity index (χ0n) is 14.5. The van der Waals surface area contributed by atoms with Gasteiger partial charge in [0.2, 0.25) is 0 Å². The van der Waals surface area contributed by atoms with E-state index in [1.165, 1.54) is 25.3 Å². The molecule has 1 heterocycles. The van der Waals surface area contributed by atoms with Crippen LogP contribution in [-0.4, -0.2) is 24.9 Å². The number of hydrogen-bond donors (Lipinski definition) is 0. The Hall–Kier alpha value is -3.73. The SMILES string of the molecule is COC(=O)c1ccc2c(c1)C(=O)N(c1ccccc1-c1ccccc1)C2=O. The van der Waals surface area contributed by atoms with E-state index in [0.29, 0.717) is 5.69 Å². The van der Waals surface area contributed by atoms with E-state index < -0.39 is 17.8 Å². The van der Waals surface area contributed by atoms with Gasteiger partial charge in [0.15, 0.2) is 0 Å². The summed E-state index contributed by atoms with van der Waals surface area (Å²) in [6.07, 6.45) is 0. The molecular formula is C22H15NO4. The first-order valence-electron chi connectivity index (χ1n) is 8.37. The van der Waals surface area contributed by atoms with Gasteiger partial charge < -0.3 is 4.74 Å². The Balaban J connectivity index is 1.82. The molecule has 0 fully saturated rings. The van der Waals surface area contributed by atoms with Crippen LogP contribution in [0.2, 0.25) is 0 Å². The fourth-order valence-electron chi connectivity index (χ4n) is 3.23. The first-order chi connectivity index (χ1) is 13.1. The molecule has 1 aliphatic heterocycles. The molecule has 4 rings (SSSR count). The zero-order chi connectivity index (χ0) is 19.0. The van der Waals surface area contributed by atoms with E-state index in [9.17, 15) is 14.4 Å². The van der Waals surface area contributed by atoms with Crippen molar-refractivity contribution >= 4 is 23.5 Å². The van der Waals surface area contributed by atoms with E-state index in [2.05, 4.69) is 0 Å². The van der Waals surface area contributed by atoms with E-state index in [1.807, 2.05) is 42.5 Å². The number of benzene rings is 3. The number of anilines is 1. The lowest BCUT2D eigenvalue weighted by Crippen LogP contribution is -2.29. The fraction of sp³-hybridized carbons (Fsp3) is 0.0455. The summed E-state index contributed by atoms with van der Waals surface area (Å²) in [6.45, 7) is 0. The predicted molar refractivity (Wildman–Crippen MR) is 101 cm³/mol. The number of carbonyl (C=O) groups excluding carboxylic acids is 3. The molecular weight excluding hydrogens is 342 g/mol. The predicted octanol–water partition coefficient (Wildman–Crippen LogP) is 3.94. The van der Waals surface area contributed by atoms with Crippen molar-refractivity contribution < 1.29 is 19.1 Å². The molecule has 3 aromatic carbocycles. The second-order valence-corrected chi connectivity index (χ2v) is 6.08. The van der Waals surface area contributed by atoms with Crippen LogP contribution < -0.4 is 4.90 Å². The monoisotopic (exact) mass is 357 g/mol. The van der Waals surface area contributed by atoms with Gasteiger partial charge in [-0.1, -0.05) is 48.5 Å². The number of carbonyl (C=O) groups is 3. The van der Waals surface area contributed by atoms with Crippen LogP contribution in [0.25, 0.3) is 11.1 Å². The van der Waals surface area contributed by atoms with Crippen LogP contribution in [0.4, 0.5) is 5.69 Å². The summed E-state index contributed by atoms with van der Waals surface area (Å²) in [4.78, 5) is 38.9. The van der Waals surface area contributed by atoms with Crippen LogP contribution in [0.1, 0.15) is 31.1 Å². The molecule has 0 bridgehead atoms. The molecule has 132 valence electrons. The Bertz CT molecular complexity index is 1070. The van der Waals surface area contributed by atoms with Crippen LogP contribution in [-0.2, 0) is 4.74 Å². The second kappa shape index (κ2) is 6.53. The van der Waals surface area contributed by atoms with Gasteiger partial charge in [0.1, 0.15) is 0 Å². The van der Waals surface area contributed by atoms with E-state index in [0.717, 1.165) is 16.0 Å². The minimum absolute atomic E-state index is 0.200. The number of methoxy groups -OCH3 is 1. The first kappa shape index (κ1) is 16.7. The maximum absolute atomic E-state index is 13.0. The normalized spacial score (nSPS) is 12.9. The van der Waals surface area contributed by atoms with Crippen molar-refractivity contribution in [1.82, 2.24) is 0 Å². The maximum atomic E-state index is 13.0. The van der Waals surface area contributed by atoms with E-state index in [-0.39, 0.29) is 16.7 Å². The molecule has 5 nitrogen and oxygen atoms in total. The number of imide groups is 1. The quantitative estimate of drug-likeness (QED) is 0.526. The van der Waals surface area contributed by atoms with Gasteiger partial charge in [0.05, 0.1) is 29.5 Å². The Morgan fingerprint density at radius 2 is 1.44 bits per heavy atom. The Labute approximate surface area is 155 Å². The highest BCUT2D eigenvalue weighted by molar-refractivity contribution is 6.35. The van der Waals surface area contributed by atoms with Crippen molar-refractivity contribution in [3.8, 4) is 11.1 Å². The Morgan fingerprint density at radius 3 is 2.19 bits per heavy atom. The molecule has 0 radical (unpaired) electrons. The number of para-hydroxylation sites is 1. The summed E-state index contributed by atoms with van der Waals surface area (Å²) in [7, 11) is 1.27. The molecule has 0 atom stereocenters. The van der Waals surface area contributed by atoms with E-state index in [1.54, 1.807) is 12.1 Å². The molecule has 0 N–H and O–H groups in total. The Kier molecular flexibility index (Phi) is 4.05. The summed E-state index contributed by atoms with van der Waals surface area (Å²) in [6, 6.07) is 21.2. The highest BCUT2D eigenvalue weighted by Gasteiger charge is 2.38. The summed E-state index contributed by atoms with van der Waals surface area (Å²) in [5, 5.41) is 0. The third-order valence-electron chi connectivity index (χ3n) is 4.54. The summed E-state index contributed by atoms with van der Waals surface area (Å²) in [5.74, 6) is -1.42. The number of rotatable bonds is 3. The van der Waals surface area contributed by atoms with Crippen molar-refractivity contribution in [2.75, 3.05) is 12.0 Å². The van der Waals surface area contributed by atoms with E-state index >= 15 is 0 Å². The topological polar surface area (TPSA) is 63.7 Å². The van der Waals surface area contributed by atoms with E-state index in [4.69, 9.17) is 4.74 Å². The third kappa shape index (κ3) is 2.69. The fourth-order valence-corrected chi connectivity index (χ4v) is 3.23. The number of nitrogens with zero attached hydrogens (tertiary/aromatic N) is 1. The van der Waals surface area contributed by atoms with Crippen molar-refractivity contribution in [2.45, 2.75) is 0 Å². The van der Waals surface area contributed by atoms with Gasteiger partial charge >= 0.3 is 5.97 Å². The van der Waals surface area contributed by atoms with Crippen molar-refractivity contribution in [3.63, 3.8) is 0 Å². The van der Waals surface area contributed by atoms with Crippen molar-refractivity contribution in [2.24, 2.45) is 0 Å². The number of ether oxygens (including phenoxy) is 1. The minimum Gasteiger partial charge on any atom is -0.465 e. The molecule has 1 aliphatic rings. The van der Waals surface area contributed by atoms with Crippen molar-refractivity contribution in [1.29, 1.82) is 0 Å². The van der Waals surface area contributed by atoms with Crippen LogP contribution in [0.15, 0.2) is 72.8 Å². The average Bonchev–Trinajstić information content (AvgIpc) is 2.98. The second-order valence-electron chi connectivity index (χ2n) is 6.08. The number of hydrogen-bond acceptors (Lipinski definition) is 4. The Morgan fingerprint density at radius 1 is 0.778 bits per heavy atom. The van der Waals surface area contributed by atoms with Gasteiger partial charge in [0.25, 0.3) is 11.8 Å². The smallest absolute Gasteiger partial charge is 0.337 e. The van der Waals surface area contributed by atoms with Gasteiger partial charge in [-0.2, -0.15) is 0 Å². The van der Waals surface area contributed by atoms with Crippen LogP contribution in [0, 0.1) is 0 Å². The van der Waals surface area contributed by atoms with Gasteiger partial charge in [-0.05, 0) is 29.8 Å². The summed E-state index contributed by atoms with van der Waals surface area (Å²) >= 11 is 0. The molecule has 2 amide bonds. The molecule has 27 heavy (non-hydrogen) atoms. The van der Waals surface area contributed by atoms with Gasteiger partial charge in [0, 0.05) is 5.56 Å². The zero-order valence-corrected chi connectivity index (χ0v) is 14.5. The van der Waals surface area contributed by atoms with Crippen LogP contribution in [0.5, 0.6) is 0 Å². The standard InChI is InChI=1S/C22H15NO4/c1-27-22(26)15-11-12-17-18(13-15)21(25)23(20(17)24)19-10-6-5-9-16(19)14-7-3-2-4-8-14/h2-13H,1H3. The van der Waals surface area contributed by atoms with Crippen LogP contribution in [0.3, 0.4) is 0 Å². The van der Waals surface area contributed by atoms with Crippen molar-refractivity contribution in [3.05, 3.63) is 89.5 Å². The lowest BCUT2D eigenvalue weighted by Gasteiger charge is -2.18. The molecule has 0 saturated heterocycles. The maximum Gasteiger partial charge on any atom is 0.337 e. The molecule has 0 spiro atoms. The molecule has 0 unspecified atom stereocenters. The molecule has 0 aliphatic carbocycles. The third-order valence-corrected chi connectivity index (χ3v) is 4.54. The molecule has 5 heteroatoms. The highest BCUT2D eigenvalue weighted by Crippen LogP contribution is 2.36. The van der Waals surface area contributed by atoms with Gasteiger partial charge in [-0.25, -0.2) is 9.69 Å².